The van der Waals surface area contributed by atoms with E-state index in [1.807, 2.05) is 48.5 Å². The average Bonchev–Trinajstić information content (AvgIpc) is 3.63. The van der Waals surface area contributed by atoms with Gasteiger partial charge in [0.1, 0.15) is 5.60 Å². The summed E-state index contributed by atoms with van der Waals surface area (Å²) in [6.07, 6.45) is 2.92. The molecule has 0 saturated carbocycles. The van der Waals surface area contributed by atoms with Gasteiger partial charge >= 0.3 is 6.09 Å². The van der Waals surface area contributed by atoms with E-state index in [-0.39, 0.29) is 17.3 Å². The second kappa shape index (κ2) is 12.4. The van der Waals surface area contributed by atoms with Crippen molar-refractivity contribution in [2.24, 2.45) is 5.92 Å². The van der Waals surface area contributed by atoms with Crippen LogP contribution >= 0.6 is 11.3 Å². The highest BCUT2D eigenvalue weighted by Gasteiger charge is 2.24. The van der Waals surface area contributed by atoms with Crippen LogP contribution < -0.4 is 10.6 Å². The number of nitrogens with zero attached hydrogens (tertiary/aromatic N) is 2. The minimum atomic E-state index is -3.83. The maximum Gasteiger partial charge on any atom is 0.407 e. The van der Waals surface area contributed by atoms with Crippen LogP contribution in [0.15, 0.2) is 102 Å². The number of fused-ring (bicyclic) bond motifs is 1. The third kappa shape index (κ3) is 7.12. The monoisotopic (exact) mass is 616 g/mol. The van der Waals surface area contributed by atoms with E-state index < -0.39 is 27.6 Å². The first-order valence-electron chi connectivity index (χ1n) is 13.7. The second-order valence-corrected chi connectivity index (χ2v) is 13.8. The molecule has 43 heavy (non-hydrogen) atoms. The minimum absolute atomic E-state index is 0.0995. The number of hydrogen-bond donors (Lipinski definition) is 2. The molecular formula is C32H32N4O5S2. The molecule has 2 amide bonds. The number of hydrogen-bond acceptors (Lipinski definition) is 7. The van der Waals surface area contributed by atoms with Gasteiger partial charge in [0.25, 0.3) is 10.0 Å². The van der Waals surface area contributed by atoms with Crippen molar-refractivity contribution in [3.8, 4) is 10.4 Å². The number of pyridine rings is 1. The van der Waals surface area contributed by atoms with E-state index in [0.717, 1.165) is 16.0 Å². The SMILES string of the molecule is CC(C)(C)OC(=O)NCC(Cc1ccccc1)C(=O)Nc1ccc(-c2ccnc3c2ccn3S(=O)(=O)c2ccccc2)s1. The molecule has 5 aromatic rings. The minimum Gasteiger partial charge on any atom is -0.444 e. The molecule has 2 N–H and O–H groups in total. The van der Waals surface area contributed by atoms with E-state index in [9.17, 15) is 18.0 Å². The summed E-state index contributed by atoms with van der Waals surface area (Å²) >= 11 is 1.37. The molecular weight excluding hydrogens is 585 g/mol. The van der Waals surface area contributed by atoms with Crippen LogP contribution in [0.1, 0.15) is 26.3 Å². The summed E-state index contributed by atoms with van der Waals surface area (Å²) in [6.45, 7) is 5.44. The number of aromatic nitrogens is 2. The van der Waals surface area contributed by atoms with Crippen LogP contribution in [0.5, 0.6) is 0 Å². The molecule has 0 aliphatic heterocycles. The molecule has 0 aliphatic rings. The van der Waals surface area contributed by atoms with E-state index in [1.165, 1.54) is 21.5 Å². The lowest BCUT2D eigenvalue weighted by Gasteiger charge is -2.22. The first-order valence-corrected chi connectivity index (χ1v) is 16.0. The largest absolute Gasteiger partial charge is 0.444 e. The average molecular weight is 617 g/mol. The first kappa shape index (κ1) is 30.0. The van der Waals surface area contributed by atoms with Gasteiger partial charge in [0, 0.05) is 34.8 Å². The van der Waals surface area contributed by atoms with Gasteiger partial charge in [-0.2, -0.15) is 0 Å². The Hall–Kier alpha value is -4.48. The van der Waals surface area contributed by atoms with E-state index in [2.05, 4.69) is 15.6 Å². The number of carbonyl (C=O) groups excluding carboxylic acids is 2. The van der Waals surface area contributed by atoms with E-state index >= 15 is 0 Å². The lowest BCUT2D eigenvalue weighted by molar-refractivity contribution is -0.119. The maximum atomic E-state index is 13.4. The van der Waals surface area contributed by atoms with Crippen molar-refractivity contribution in [1.82, 2.24) is 14.3 Å². The molecule has 11 heteroatoms. The number of carbonyl (C=O) groups is 2. The van der Waals surface area contributed by atoms with Crippen molar-refractivity contribution in [2.45, 2.75) is 37.7 Å². The summed E-state index contributed by atoms with van der Waals surface area (Å²) in [7, 11) is -3.83. The van der Waals surface area contributed by atoms with Crippen LogP contribution in [-0.4, -0.2) is 41.5 Å². The summed E-state index contributed by atoms with van der Waals surface area (Å²) in [6, 6.07) is 25.1. The lowest BCUT2D eigenvalue weighted by atomic mass is 9.98. The molecule has 1 atom stereocenters. The van der Waals surface area contributed by atoms with Crippen LogP contribution in [0.2, 0.25) is 0 Å². The number of ether oxygens (including phenoxy) is 1. The number of amides is 2. The fourth-order valence-electron chi connectivity index (χ4n) is 4.58. The molecule has 0 saturated heterocycles. The number of alkyl carbamates (subject to hydrolysis) is 1. The fraction of sp³-hybridized carbons (Fsp3) is 0.219. The first-order chi connectivity index (χ1) is 20.5. The summed E-state index contributed by atoms with van der Waals surface area (Å²) in [4.78, 5) is 31.1. The predicted molar refractivity (Wildman–Crippen MR) is 169 cm³/mol. The third-order valence-corrected chi connectivity index (χ3v) is 9.27. The van der Waals surface area contributed by atoms with Crippen molar-refractivity contribution in [3.05, 3.63) is 103 Å². The molecule has 2 aromatic carbocycles. The molecule has 5 rings (SSSR count). The van der Waals surface area contributed by atoms with Gasteiger partial charge < -0.3 is 15.4 Å². The van der Waals surface area contributed by atoms with Crippen molar-refractivity contribution in [3.63, 3.8) is 0 Å². The predicted octanol–water partition coefficient (Wildman–Crippen LogP) is 6.32. The van der Waals surface area contributed by atoms with Crippen molar-refractivity contribution in [2.75, 3.05) is 11.9 Å². The highest BCUT2D eigenvalue weighted by molar-refractivity contribution is 7.90. The lowest BCUT2D eigenvalue weighted by Crippen LogP contribution is -2.39. The van der Waals surface area contributed by atoms with Gasteiger partial charge in [-0.05, 0) is 69.2 Å². The Morgan fingerprint density at radius 1 is 0.953 bits per heavy atom. The number of nitrogens with one attached hydrogen (secondary N) is 2. The molecule has 0 aliphatic carbocycles. The van der Waals surface area contributed by atoms with E-state index in [0.29, 0.717) is 22.5 Å². The summed E-state index contributed by atoms with van der Waals surface area (Å²) in [5, 5.41) is 7.01. The quantitative estimate of drug-likeness (QED) is 0.200. The second-order valence-electron chi connectivity index (χ2n) is 10.9. The van der Waals surface area contributed by atoms with Crippen LogP contribution in [0.25, 0.3) is 21.5 Å². The number of benzene rings is 2. The van der Waals surface area contributed by atoms with E-state index in [4.69, 9.17) is 4.74 Å². The van der Waals surface area contributed by atoms with Gasteiger partial charge in [-0.15, -0.1) is 11.3 Å². The van der Waals surface area contributed by atoms with Crippen LogP contribution in [0.3, 0.4) is 0 Å². The topological polar surface area (TPSA) is 119 Å². The molecule has 1 unspecified atom stereocenters. The van der Waals surface area contributed by atoms with Gasteiger partial charge in [0.2, 0.25) is 5.91 Å². The zero-order valence-electron chi connectivity index (χ0n) is 24.0. The molecule has 0 fully saturated rings. The molecule has 0 spiro atoms. The standard InChI is InChI=1S/C32H32N4O5S2/c1-32(2,3)41-31(38)34-21-23(20-22-10-6-4-7-11-22)30(37)35-28-15-14-27(42-28)25-16-18-33-29-26(25)17-19-36(29)43(39,40)24-12-8-5-9-13-24/h4-19,23H,20-21H2,1-3H3,(H,34,38)(H,35,37). The molecule has 3 heterocycles. The Kier molecular flexibility index (Phi) is 8.65. The normalized spacial score (nSPS) is 12.5. The van der Waals surface area contributed by atoms with Gasteiger partial charge in [0.05, 0.1) is 15.8 Å². The fourth-order valence-corrected chi connectivity index (χ4v) is 6.85. The summed E-state index contributed by atoms with van der Waals surface area (Å²) in [5.41, 5.74) is 1.43. The van der Waals surface area contributed by atoms with Crippen LogP contribution in [-0.2, 0) is 26.0 Å². The molecule has 222 valence electrons. The molecule has 3 aromatic heterocycles. The Balaban J connectivity index is 1.36. The highest BCUT2D eigenvalue weighted by Crippen LogP contribution is 2.36. The molecule has 9 nitrogen and oxygen atoms in total. The van der Waals surface area contributed by atoms with Gasteiger partial charge in [-0.1, -0.05) is 48.5 Å². The van der Waals surface area contributed by atoms with Crippen LogP contribution in [0.4, 0.5) is 9.80 Å². The van der Waals surface area contributed by atoms with Crippen molar-refractivity contribution >= 4 is 49.4 Å². The zero-order valence-corrected chi connectivity index (χ0v) is 25.6. The molecule has 0 radical (unpaired) electrons. The van der Waals surface area contributed by atoms with Gasteiger partial charge in [0.15, 0.2) is 5.65 Å². The third-order valence-electron chi connectivity index (χ3n) is 6.56. The maximum absolute atomic E-state index is 13.4. The van der Waals surface area contributed by atoms with E-state index in [1.54, 1.807) is 63.4 Å². The van der Waals surface area contributed by atoms with Crippen molar-refractivity contribution < 1.29 is 22.7 Å². The Morgan fingerprint density at radius 2 is 1.65 bits per heavy atom. The Labute approximate surface area is 254 Å². The van der Waals surface area contributed by atoms with Gasteiger partial charge in [-0.25, -0.2) is 22.2 Å². The van der Waals surface area contributed by atoms with Crippen molar-refractivity contribution in [1.29, 1.82) is 0 Å². The Morgan fingerprint density at radius 3 is 2.35 bits per heavy atom. The number of thiophene rings is 1. The van der Waals surface area contributed by atoms with Gasteiger partial charge in [-0.3, -0.25) is 4.79 Å². The van der Waals surface area contributed by atoms with Crippen LogP contribution in [0, 0.1) is 5.92 Å². The number of anilines is 1. The highest BCUT2D eigenvalue weighted by atomic mass is 32.2. The Bertz CT molecular complexity index is 1840. The summed E-state index contributed by atoms with van der Waals surface area (Å²) in [5.74, 6) is -0.793. The smallest absolute Gasteiger partial charge is 0.407 e. The summed E-state index contributed by atoms with van der Waals surface area (Å²) < 4.78 is 33.1. The number of rotatable bonds is 9. The molecule has 0 bridgehead atoms. The zero-order chi connectivity index (χ0) is 30.6.